The molecule has 7 nitrogen and oxygen atoms in total. The van der Waals surface area contributed by atoms with E-state index in [9.17, 15) is 4.79 Å². The van der Waals surface area contributed by atoms with Crippen LogP contribution in [0.25, 0.3) is 11.3 Å². The largest absolute Gasteiger partial charge is 0.497 e. The first-order valence-electron chi connectivity index (χ1n) is 10.4. The van der Waals surface area contributed by atoms with Gasteiger partial charge < -0.3 is 19.9 Å². The number of anilines is 2. The Morgan fingerprint density at radius 3 is 2.16 bits per heavy atom. The van der Waals surface area contributed by atoms with Crippen LogP contribution in [-0.4, -0.2) is 54.4 Å². The van der Waals surface area contributed by atoms with Gasteiger partial charge in [0.05, 0.1) is 12.8 Å². The number of carbonyl (C=O) groups is 1. The first-order chi connectivity index (χ1) is 15.0. The molecule has 1 saturated heterocycles. The maximum Gasteiger partial charge on any atom is 0.321 e. The number of nitrogens with one attached hydrogen (secondary N) is 1. The normalized spacial score (nSPS) is 13.8. The zero-order valence-electron chi connectivity index (χ0n) is 18.1. The maximum atomic E-state index is 12.6. The van der Waals surface area contributed by atoms with Crippen LogP contribution in [0.5, 0.6) is 5.75 Å². The standard InChI is InChI=1S/C24H27N5O2/c1-17-14-18(2)16-20(15-17)25-24(30)29-12-10-28(11-13-29)23-9-8-22(26-27-23)19-4-6-21(31-3)7-5-19/h4-9,14-16H,10-13H2,1-3H3,(H,25,30). The van der Waals surface area contributed by atoms with Gasteiger partial charge in [-0.2, -0.15) is 0 Å². The lowest BCUT2D eigenvalue weighted by atomic mass is 10.1. The Bertz CT molecular complexity index is 1020. The molecule has 0 bridgehead atoms. The number of aryl methyl sites for hydroxylation is 2. The Morgan fingerprint density at radius 2 is 1.58 bits per heavy atom. The third-order valence-electron chi connectivity index (χ3n) is 5.40. The molecule has 2 aromatic carbocycles. The van der Waals surface area contributed by atoms with Gasteiger partial charge in [0.2, 0.25) is 0 Å². The Balaban J connectivity index is 1.34. The Kier molecular flexibility index (Phi) is 6.02. The van der Waals surface area contributed by atoms with Gasteiger partial charge in [-0.25, -0.2) is 4.79 Å². The molecule has 31 heavy (non-hydrogen) atoms. The Morgan fingerprint density at radius 1 is 0.903 bits per heavy atom. The molecular formula is C24H27N5O2. The number of hydrogen-bond donors (Lipinski definition) is 1. The van der Waals surface area contributed by atoms with Crippen LogP contribution in [0.2, 0.25) is 0 Å². The molecular weight excluding hydrogens is 390 g/mol. The highest BCUT2D eigenvalue weighted by molar-refractivity contribution is 5.89. The minimum Gasteiger partial charge on any atom is -0.497 e. The molecule has 0 spiro atoms. The van der Waals surface area contributed by atoms with Gasteiger partial charge in [-0.3, -0.25) is 0 Å². The Labute approximate surface area is 182 Å². The fraction of sp³-hybridized carbons (Fsp3) is 0.292. The minimum absolute atomic E-state index is 0.0643. The fourth-order valence-electron chi connectivity index (χ4n) is 3.80. The molecule has 160 valence electrons. The smallest absolute Gasteiger partial charge is 0.321 e. The highest BCUT2D eigenvalue weighted by atomic mass is 16.5. The third-order valence-corrected chi connectivity index (χ3v) is 5.40. The van der Waals surface area contributed by atoms with Gasteiger partial charge in [-0.05, 0) is 73.5 Å². The molecule has 0 unspecified atom stereocenters. The second kappa shape index (κ2) is 9.04. The summed E-state index contributed by atoms with van der Waals surface area (Å²) in [7, 11) is 1.65. The molecule has 0 radical (unpaired) electrons. The number of amides is 2. The van der Waals surface area contributed by atoms with Gasteiger partial charge >= 0.3 is 6.03 Å². The van der Waals surface area contributed by atoms with E-state index in [0.29, 0.717) is 13.1 Å². The van der Waals surface area contributed by atoms with Crippen molar-refractivity contribution in [1.29, 1.82) is 0 Å². The quantitative estimate of drug-likeness (QED) is 0.691. The monoisotopic (exact) mass is 417 g/mol. The summed E-state index contributed by atoms with van der Waals surface area (Å²) >= 11 is 0. The zero-order chi connectivity index (χ0) is 21.8. The van der Waals surface area contributed by atoms with Crippen LogP contribution in [0.4, 0.5) is 16.3 Å². The molecule has 1 aliphatic rings. The lowest BCUT2D eigenvalue weighted by Gasteiger charge is -2.35. The molecule has 0 atom stereocenters. The molecule has 0 saturated carbocycles. The summed E-state index contributed by atoms with van der Waals surface area (Å²) < 4.78 is 5.20. The van der Waals surface area contributed by atoms with Crippen molar-refractivity contribution in [2.75, 3.05) is 43.5 Å². The van der Waals surface area contributed by atoms with Crippen LogP contribution in [0.1, 0.15) is 11.1 Å². The van der Waals surface area contributed by atoms with Crippen molar-refractivity contribution in [3.8, 4) is 17.0 Å². The van der Waals surface area contributed by atoms with Crippen molar-refractivity contribution in [3.63, 3.8) is 0 Å². The first kappa shape index (κ1) is 20.7. The van der Waals surface area contributed by atoms with Crippen molar-refractivity contribution >= 4 is 17.5 Å². The average Bonchev–Trinajstić information content (AvgIpc) is 2.79. The van der Waals surface area contributed by atoms with Crippen LogP contribution < -0.4 is 15.0 Å². The number of carbonyl (C=O) groups excluding carboxylic acids is 1. The lowest BCUT2D eigenvalue weighted by molar-refractivity contribution is 0.208. The highest BCUT2D eigenvalue weighted by Crippen LogP contribution is 2.22. The second-order valence-corrected chi connectivity index (χ2v) is 7.79. The summed E-state index contributed by atoms with van der Waals surface area (Å²) in [5, 5.41) is 11.8. The van der Waals surface area contributed by atoms with E-state index in [2.05, 4.69) is 26.5 Å². The van der Waals surface area contributed by atoms with Crippen molar-refractivity contribution in [1.82, 2.24) is 15.1 Å². The van der Waals surface area contributed by atoms with E-state index in [1.54, 1.807) is 7.11 Å². The van der Waals surface area contributed by atoms with Gasteiger partial charge in [0, 0.05) is 37.4 Å². The number of hydrogen-bond acceptors (Lipinski definition) is 5. The van der Waals surface area contributed by atoms with E-state index in [-0.39, 0.29) is 6.03 Å². The Hall–Kier alpha value is -3.61. The van der Waals surface area contributed by atoms with Crippen LogP contribution in [0.15, 0.2) is 54.6 Å². The number of rotatable bonds is 4. The topological polar surface area (TPSA) is 70.6 Å². The molecule has 7 heteroatoms. The summed E-state index contributed by atoms with van der Waals surface area (Å²) in [4.78, 5) is 16.6. The van der Waals surface area contributed by atoms with E-state index in [1.807, 2.05) is 67.3 Å². The number of nitrogens with zero attached hydrogens (tertiary/aromatic N) is 4. The van der Waals surface area contributed by atoms with Gasteiger partial charge in [0.25, 0.3) is 0 Å². The van der Waals surface area contributed by atoms with Crippen molar-refractivity contribution < 1.29 is 9.53 Å². The number of benzene rings is 2. The third kappa shape index (κ3) is 4.94. The number of methoxy groups -OCH3 is 1. The van der Waals surface area contributed by atoms with Crippen molar-refractivity contribution in [2.24, 2.45) is 0 Å². The number of aromatic nitrogens is 2. The minimum atomic E-state index is -0.0643. The summed E-state index contributed by atoms with van der Waals surface area (Å²) in [5.74, 6) is 1.64. The first-order valence-corrected chi connectivity index (χ1v) is 10.4. The zero-order valence-corrected chi connectivity index (χ0v) is 18.1. The predicted octanol–water partition coefficient (Wildman–Crippen LogP) is 4.12. The summed E-state index contributed by atoms with van der Waals surface area (Å²) in [5.41, 5.74) is 4.92. The van der Waals surface area contributed by atoms with E-state index in [1.165, 1.54) is 0 Å². The van der Waals surface area contributed by atoms with Crippen LogP contribution >= 0.6 is 0 Å². The van der Waals surface area contributed by atoms with E-state index < -0.39 is 0 Å². The highest BCUT2D eigenvalue weighted by Gasteiger charge is 2.22. The van der Waals surface area contributed by atoms with Crippen LogP contribution in [0, 0.1) is 13.8 Å². The lowest BCUT2D eigenvalue weighted by Crippen LogP contribution is -2.50. The SMILES string of the molecule is COc1ccc(-c2ccc(N3CCN(C(=O)Nc4cc(C)cc(C)c4)CC3)nn2)cc1. The van der Waals surface area contributed by atoms with Gasteiger partial charge in [-0.15, -0.1) is 10.2 Å². The summed E-state index contributed by atoms with van der Waals surface area (Å²) in [6.07, 6.45) is 0. The molecule has 2 heterocycles. The molecule has 0 aliphatic carbocycles. The second-order valence-electron chi connectivity index (χ2n) is 7.79. The average molecular weight is 418 g/mol. The number of piperazine rings is 1. The van der Waals surface area contributed by atoms with Crippen molar-refractivity contribution in [3.05, 3.63) is 65.7 Å². The fourth-order valence-corrected chi connectivity index (χ4v) is 3.80. The van der Waals surface area contributed by atoms with Crippen LogP contribution in [0.3, 0.4) is 0 Å². The summed E-state index contributed by atoms with van der Waals surface area (Å²) in [6.45, 7) is 6.77. The van der Waals surface area contributed by atoms with Gasteiger partial charge in [0.1, 0.15) is 5.75 Å². The maximum absolute atomic E-state index is 12.6. The molecule has 2 amide bonds. The predicted molar refractivity (Wildman–Crippen MR) is 123 cm³/mol. The van der Waals surface area contributed by atoms with Crippen LogP contribution in [-0.2, 0) is 0 Å². The molecule has 3 aromatic rings. The molecule has 4 rings (SSSR count). The molecule has 1 fully saturated rings. The van der Waals surface area contributed by atoms with Gasteiger partial charge in [-0.1, -0.05) is 6.07 Å². The molecule has 1 N–H and O–H groups in total. The molecule has 1 aliphatic heterocycles. The van der Waals surface area contributed by atoms with E-state index in [0.717, 1.165) is 52.7 Å². The number of urea groups is 1. The van der Waals surface area contributed by atoms with Crippen molar-refractivity contribution in [2.45, 2.75) is 13.8 Å². The van der Waals surface area contributed by atoms with Gasteiger partial charge in [0.15, 0.2) is 5.82 Å². The molecule has 1 aromatic heterocycles. The summed E-state index contributed by atoms with van der Waals surface area (Å²) in [6, 6.07) is 17.7. The van der Waals surface area contributed by atoms with E-state index in [4.69, 9.17) is 4.74 Å². The number of ether oxygens (including phenoxy) is 1. The van der Waals surface area contributed by atoms with E-state index >= 15 is 0 Å².